The number of rotatable bonds is 4. The van der Waals surface area contributed by atoms with Crippen LogP contribution in [0.5, 0.6) is 5.75 Å². The number of hydrogen-bond acceptors (Lipinski definition) is 3. The summed E-state index contributed by atoms with van der Waals surface area (Å²) < 4.78 is 7.36. The van der Waals surface area contributed by atoms with Crippen molar-refractivity contribution in [1.29, 1.82) is 0 Å². The highest BCUT2D eigenvalue weighted by Gasteiger charge is 2.36. The third-order valence-corrected chi connectivity index (χ3v) is 4.48. The summed E-state index contributed by atoms with van der Waals surface area (Å²) in [6.07, 6.45) is 2.10. The maximum absolute atomic E-state index is 12.8. The van der Waals surface area contributed by atoms with E-state index in [1.54, 1.807) is 7.11 Å². The molecule has 0 atom stereocenters. The lowest BCUT2D eigenvalue weighted by Gasteiger charge is -2.38. The van der Waals surface area contributed by atoms with Crippen LogP contribution in [0.15, 0.2) is 36.5 Å². The molecule has 1 amide bonds. The quantitative estimate of drug-likeness (QED) is 0.939. The molecule has 0 unspecified atom stereocenters. The smallest absolute Gasteiger partial charge is 0.247 e. The Labute approximate surface area is 143 Å². The van der Waals surface area contributed by atoms with Gasteiger partial charge >= 0.3 is 0 Å². The average molecular weight is 327 g/mol. The lowest BCUT2D eigenvalue weighted by molar-refractivity contribution is -0.125. The molecule has 24 heavy (non-hydrogen) atoms. The maximum Gasteiger partial charge on any atom is 0.247 e. The number of aromatic nitrogens is 1. The van der Waals surface area contributed by atoms with Crippen LogP contribution in [0.1, 0.15) is 25.0 Å². The molecule has 5 nitrogen and oxygen atoms in total. The van der Waals surface area contributed by atoms with Crippen molar-refractivity contribution in [2.45, 2.75) is 32.9 Å². The summed E-state index contributed by atoms with van der Waals surface area (Å²) in [5.74, 6) is 1.92. The molecule has 1 aliphatic heterocycles. The van der Waals surface area contributed by atoms with Crippen LogP contribution in [0.2, 0.25) is 0 Å². The first-order chi connectivity index (χ1) is 11.4. The zero-order valence-electron chi connectivity index (χ0n) is 14.8. The van der Waals surface area contributed by atoms with Gasteiger partial charge in [0.25, 0.3) is 0 Å². The van der Waals surface area contributed by atoms with Crippen molar-refractivity contribution in [3.63, 3.8) is 0 Å². The summed E-state index contributed by atoms with van der Waals surface area (Å²) in [4.78, 5) is 14.7. The van der Waals surface area contributed by atoms with E-state index in [4.69, 9.17) is 4.74 Å². The highest BCUT2D eigenvalue weighted by Crippen LogP contribution is 2.25. The van der Waals surface area contributed by atoms with Crippen LogP contribution in [0.25, 0.3) is 0 Å². The number of ether oxygens (including phenoxy) is 1. The average Bonchev–Trinajstić information content (AvgIpc) is 2.91. The number of carbonyl (C=O) groups is 1. The fourth-order valence-corrected chi connectivity index (χ4v) is 3.14. The van der Waals surface area contributed by atoms with Crippen LogP contribution in [0, 0.1) is 6.92 Å². The molecule has 1 aromatic carbocycles. The Morgan fingerprint density at radius 2 is 1.96 bits per heavy atom. The molecule has 1 N–H and O–H groups in total. The number of benzene rings is 1. The van der Waals surface area contributed by atoms with Crippen molar-refractivity contribution in [3.05, 3.63) is 47.7 Å². The molecule has 1 aliphatic rings. The molecular formula is C19H25N3O2. The zero-order valence-corrected chi connectivity index (χ0v) is 14.8. The molecule has 2 heterocycles. The molecule has 1 saturated heterocycles. The van der Waals surface area contributed by atoms with E-state index in [1.807, 2.05) is 30.9 Å². The van der Waals surface area contributed by atoms with Gasteiger partial charge in [-0.15, -0.1) is 0 Å². The molecular weight excluding hydrogens is 302 g/mol. The van der Waals surface area contributed by atoms with Crippen molar-refractivity contribution >= 4 is 11.7 Å². The Balaban J connectivity index is 1.88. The molecule has 0 saturated carbocycles. The van der Waals surface area contributed by atoms with Crippen molar-refractivity contribution in [2.24, 2.45) is 0 Å². The number of piperazine rings is 1. The minimum Gasteiger partial charge on any atom is -0.497 e. The largest absolute Gasteiger partial charge is 0.497 e. The minimum absolute atomic E-state index is 0.114. The maximum atomic E-state index is 12.8. The number of methoxy groups -OCH3 is 1. The first-order valence-corrected chi connectivity index (χ1v) is 8.27. The second kappa shape index (κ2) is 6.32. The van der Waals surface area contributed by atoms with Crippen molar-refractivity contribution < 1.29 is 9.53 Å². The number of carbonyl (C=O) groups excluding carboxylic acids is 1. The van der Waals surface area contributed by atoms with Crippen LogP contribution in [0.3, 0.4) is 0 Å². The van der Waals surface area contributed by atoms with E-state index in [0.29, 0.717) is 6.54 Å². The van der Waals surface area contributed by atoms with Gasteiger partial charge in [0.1, 0.15) is 11.6 Å². The van der Waals surface area contributed by atoms with Crippen LogP contribution < -0.4 is 15.0 Å². The Kier molecular flexibility index (Phi) is 4.37. The second-order valence-electron chi connectivity index (χ2n) is 6.86. The number of anilines is 1. The molecule has 1 fully saturated rings. The Morgan fingerprint density at radius 3 is 2.62 bits per heavy atom. The van der Waals surface area contributed by atoms with E-state index < -0.39 is 5.54 Å². The molecule has 1 aromatic heterocycles. The summed E-state index contributed by atoms with van der Waals surface area (Å²) in [6.45, 7) is 8.15. The van der Waals surface area contributed by atoms with Gasteiger partial charge in [-0.05, 0) is 50.1 Å². The summed E-state index contributed by atoms with van der Waals surface area (Å²) in [6, 6.07) is 10.1. The highest BCUT2D eigenvalue weighted by molar-refractivity contribution is 6.00. The number of aryl methyl sites for hydroxylation is 1. The minimum atomic E-state index is -0.526. The summed E-state index contributed by atoms with van der Waals surface area (Å²) in [5.41, 5.74) is 1.80. The summed E-state index contributed by atoms with van der Waals surface area (Å²) in [7, 11) is 1.67. The number of amides is 1. The van der Waals surface area contributed by atoms with Gasteiger partial charge in [-0.2, -0.15) is 0 Å². The predicted molar refractivity (Wildman–Crippen MR) is 95.7 cm³/mol. The fourth-order valence-electron chi connectivity index (χ4n) is 3.14. The normalized spacial score (nSPS) is 17.2. The Morgan fingerprint density at radius 1 is 1.25 bits per heavy atom. The SMILES string of the molecule is COc1ccc(Cn2cc(C)cc2N2CCNC(C)(C)C2=O)cc1. The topological polar surface area (TPSA) is 46.5 Å². The van der Waals surface area contributed by atoms with Gasteiger partial charge in [-0.3, -0.25) is 9.69 Å². The first kappa shape index (κ1) is 16.6. The molecule has 3 rings (SSSR count). The van der Waals surface area contributed by atoms with E-state index >= 15 is 0 Å². The van der Waals surface area contributed by atoms with Crippen LogP contribution in [0.4, 0.5) is 5.82 Å². The van der Waals surface area contributed by atoms with Crippen molar-refractivity contribution in [1.82, 2.24) is 9.88 Å². The standard InChI is InChI=1S/C19H25N3O2/c1-14-11-17(22-10-9-20-19(2,3)18(22)23)21(12-14)13-15-5-7-16(24-4)8-6-15/h5-8,11-12,20H,9-10,13H2,1-4H3. The van der Waals surface area contributed by atoms with Gasteiger partial charge in [-0.1, -0.05) is 12.1 Å². The molecule has 2 aromatic rings. The van der Waals surface area contributed by atoms with Gasteiger partial charge in [-0.25, -0.2) is 0 Å². The monoisotopic (exact) mass is 327 g/mol. The molecule has 0 radical (unpaired) electrons. The van der Waals surface area contributed by atoms with Crippen molar-refractivity contribution in [2.75, 3.05) is 25.1 Å². The highest BCUT2D eigenvalue weighted by atomic mass is 16.5. The van der Waals surface area contributed by atoms with Crippen LogP contribution in [-0.2, 0) is 11.3 Å². The summed E-state index contributed by atoms with van der Waals surface area (Å²) >= 11 is 0. The number of nitrogens with one attached hydrogen (secondary N) is 1. The van der Waals surface area contributed by atoms with Crippen LogP contribution >= 0.6 is 0 Å². The van der Waals surface area contributed by atoms with E-state index in [2.05, 4.69) is 41.2 Å². The Hall–Kier alpha value is -2.27. The summed E-state index contributed by atoms with van der Waals surface area (Å²) in [5, 5.41) is 3.28. The zero-order chi connectivity index (χ0) is 17.3. The predicted octanol–water partition coefficient (Wildman–Crippen LogP) is 2.57. The molecule has 128 valence electrons. The van der Waals surface area contributed by atoms with Gasteiger partial charge in [0.15, 0.2) is 0 Å². The third-order valence-electron chi connectivity index (χ3n) is 4.48. The molecule has 5 heteroatoms. The number of hydrogen-bond donors (Lipinski definition) is 1. The lowest BCUT2D eigenvalue weighted by Crippen LogP contribution is -2.61. The van der Waals surface area contributed by atoms with Gasteiger partial charge in [0.2, 0.25) is 5.91 Å². The molecule has 0 aliphatic carbocycles. The second-order valence-corrected chi connectivity index (χ2v) is 6.86. The van der Waals surface area contributed by atoms with E-state index in [0.717, 1.165) is 30.2 Å². The lowest BCUT2D eigenvalue weighted by atomic mass is 10.0. The van der Waals surface area contributed by atoms with E-state index in [-0.39, 0.29) is 5.91 Å². The number of nitrogens with zero attached hydrogens (tertiary/aromatic N) is 2. The van der Waals surface area contributed by atoms with Crippen molar-refractivity contribution in [3.8, 4) is 5.75 Å². The van der Waals surface area contributed by atoms with E-state index in [1.165, 1.54) is 5.56 Å². The first-order valence-electron chi connectivity index (χ1n) is 8.27. The molecule has 0 spiro atoms. The molecule has 0 bridgehead atoms. The van der Waals surface area contributed by atoms with Gasteiger partial charge in [0.05, 0.1) is 12.6 Å². The fraction of sp³-hybridized carbons (Fsp3) is 0.421. The Bertz CT molecular complexity index is 732. The van der Waals surface area contributed by atoms with E-state index in [9.17, 15) is 4.79 Å². The third kappa shape index (κ3) is 3.17. The van der Waals surface area contributed by atoms with Gasteiger partial charge < -0.3 is 14.6 Å². The van der Waals surface area contributed by atoms with Gasteiger partial charge in [0, 0.05) is 25.8 Å². The van der Waals surface area contributed by atoms with Crippen LogP contribution in [-0.4, -0.2) is 36.2 Å².